The monoisotopic (exact) mass is 520 g/mol. The van der Waals surface area contributed by atoms with Gasteiger partial charge in [0.2, 0.25) is 5.91 Å². The molecule has 3 aromatic rings. The summed E-state index contributed by atoms with van der Waals surface area (Å²) in [5.41, 5.74) is 2.43. The molecule has 0 radical (unpaired) electrons. The molecule has 1 atom stereocenters. The Hall–Kier alpha value is -4.37. The second-order valence-corrected chi connectivity index (χ2v) is 8.37. The molecular formula is C29H32N2O7. The van der Waals surface area contributed by atoms with Gasteiger partial charge in [-0.3, -0.25) is 4.79 Å². The molecule has 0 saturated heterocycles. The number of rotatable bonds is 13. The average Bonchev–Trinajstić information content (AvgIpc) is 2.95. The number of amides is 2. The number of carbonyl (C=O) groups is 3. The third-order valence-electron chi connectivity index (χ3n) is 5.41. The summed E-state index contributed by atoms with van der Waals surface area (Å²) < 4.78 is 20.6. The Morgan fingerprint density at radius 1 is 0.763 bits per heavy atom. The minimum atomic E-state index is -0.872. The van der Waals surface area contributed by atoms with Gasteiger partial charge in [-0.15, -0.1) is 0 Å². The fraction of sp³-hybridized carbons (Fsp3) is 0.276. The number of benzene rings is 3. The lowest BCUT2D eigenvalue weighted by Gasteiger charge is -2.19. The van der Waals surface area contributed by atoms with Crippen molar-refractivity contribution < 1.29 is 33.3 Å². The van der Waals surface area contributed by atoms with Crippen molar-refractivity contribution in [3.63, 3.8) is 0 Å². The average molecular weight is 521 g/mol. The lowest BCUT2D eigenvalue weighted by Crippen LogP contribution is -2.48. The van der Waals surface area contributed by atoms with Crippen LogP contribution < -0.4 is 15.4 Å². The van der Waals surface area contributed by atoms with Crippen molar-refractivity contribution in [2.24, 2.45) is 0 Å². The highest BCUT2D eigenvalue weighted by Crippen LogP contribution is 2.15. The van der Waals surface area contributed by atoms with E-state index >= 15 is 0 Å². The number of methoxy groups -OCH3 is 1. The van der Waals surface area contributed by atoms with Crippen LogP contribution in [0.3, 0.4) is 0 Å². The molecule has 0 aliphatic heterocycles. The van der Waals surface area contributed by atoms with Crippen molar-refractivity contribution in [2.75, 3.05) is 20.3 Å². The first-order chi connectivity index (χ1) is 18.5. The maximum atomic E-state index is 12.8. The van der Waals surface area contributed by atoms with E-state index in [0.717, 1.165) is 16.7 Å². The normalized spacial score (nSPS) is 11.2. The molecule has 0 unspecified atom stereocenters. The maximum absolute atomic E-state index is 12.8. The maximum Gasteiger partial charge on any atom is 0.514 e. The molecule has 200 valence electrons. The van der Waals surface area contributed by atoms with Gasteiger partial charge in [-0.1, -0.05) is 72.8 Å². The summed E-state index contributed by atoms with van der Waals surface area (Å²) in [6, 6.07) is 24.3. The summed E-state index contributed by atoms with van der Waals surface area (Å²) in [7, 11) is 1.59. The standard InChI is InChI=1S/C29H32N2O7/c1-35-18-8-17-30-27(32)26(31-28(33)36-20-23-9-4-2-5-10-23)19-22-13-15-25(16-14-22)38-29(34)37-21-24-11-6-3-7-12-24/h2-7,9-16,26H,8,17-21H2,1H3,(H,30,32)(H,31,33)/t26-/m1/s1. The molecule has 0 heterocycles. The van der Waals surface area contributed by atoms with E-state index in [1.54, 1.807) is 31.4 Å². The largest absolute Gasteiger partial charge is 0.514 e. The summed E-state index contributed by atoms with van der Waals surface area (Å²) in [5, 5.41) is 5.45. The zero-order valence-electron chi connectivity index (χ0n) is 21.3. The predicted molar refractivity (Wildman–Crippen MR) is 140 cm³/mol. The molecule has 0 aliphatic carbocycles. The number of nitrogens with one attached hydrogen (secondary N) is 2. The van der Waals surface area contributed by atoms with E-state index in [9.17, 15) is 14.4 Å². The number of hydrogen-bond acceptors (Lipinski definition) is 7. The summed E-state index contributed by atoms with van der Waals surface area (Å²) in [6.07, 6.45) is -0.681. The van der Waals surface area contributed by atoms with Crippen LogP contribution in [0.1, 0.15) is 23.1 Å². The Kier molecular flexibility index (Phi) is 11.6. The second kappa shape index (κ2) is 15.7. The first-order valence-electron chi connectivity index (χ1n) is 12.2. The van der Waals surface area contributed by atoms with Crippen molar-refractivity contribution in [2.45, 2.75) is 32.1 Å². The van der Waals surface area contributed by atoms with Crippen LogP contribution in [0.5, 0.6) is 5.75 Å². The molecule has 9 heteroatoms. The van der Waals surface area contributed by atoms with E-state index in [-0.39, 0.29) is 25.5 Å². The van der Waals surface area contributed by atoms with E-state index in [1.165, 1.54) is 0 Å². The first kappa shape index (κ1) is 28.2. The van der Waals surface area contributed by atoms with Crippen LogP contribution >= 0.6 is 0 Å². The van der Waals surface area contributed by atoms with Crippen LogP contribution in [0.2, 0.25) is 0 Å². The summed E-state index contributed by atoms with van der Waals surface area (Å²) in [5.74, 6) is -0.0508. The van der Waals surface area contributed by atoms with Gasteiger partial charge < -0.3 is 29.6 Å². The fourth-order valence-electron chi connectivity index (χ4n) is 3.44. The van der Waals surface area contributed by atoms with Crippen molar-refractivity contribution in [3.8, 4) is 5.75 Å². The minimum Gasteiger partial charge on any atom is -0.445 e. The van der Waals surface area contributed by atoms with E-state index in [0.29, 0.717) is 25.3 Å². The SMILES string of the molecule is COCCCNC(=O)[C@@H](Cc1ccc(OC(=O)OCc2ccccc2)cc1)NC(=O)OCc1ccccc1. The Labute approximate surface area is 222 Å². The Morgan fingerprint density at radius 2 is 1.37 bits per heavy atom. The highest BCUT2D eigenvalue weighted by Gasteiger charge is 2.22. The van der Waals surface area contributed by atoms with Gasteiger partial charge in [-0.25, -0.2) is 9.59 Å². The van der Waals surface area contributed by atoms with Crippen molar-refractivity contribution >= 4 is 18.2 Å². The lowest BCUT2D eigenvalue weighted by atomic mass is 10.1. The number of ether oxygens (including phenoxy) is 4. The van der Waals surface area contributed by atoms with Crippen molar-refractivity contribution in [1.29, 1.82) is 0 Å². The van der Waals surface area contributed by atoms with Gasteiger partial charge in [0.15, 0.2) is 0 Å². The third kappa shape index (κ3) is 10.3. The Bertz CT molecular complexity index is 1140. The zero-order chi connectivity index (χ0) is 27.0. The van der Waals surface area contributed by atoms with Crippen molar-refractivity contribution in [3.05, 3.63) is 102 Å². The number of hydrogen-bond donors (Lipinski definition) is 2. The molecule has 0 aliphatic rings. The van der Waals surface area contributed by atoms with Gasteiger partial charge in [0.1, 0.15) is 25.0 Å². The predicted octanol–water partition coefficient (Wildman–Crippen LogP) is 4.39. The van der Waals surface area contributed by atoms with Gasteiger partial charge in [0, 0.05) is 26.7 Å². The van der Waals surface area contributed by atoms with E-state index in [1.807, 2.05) is 60.7 Å². The van der Waals surface area contributed by atoms with E-state index in [4.69, 9.17) is 18.9 Å². The van der Waals surface area contributed by atoms with Gasteiger partial charge in [-0.2, -0.15) is 0 Å². The molecule has 9 nitrogen and oxygen atoms in total. The molecule has 3 rings (SSSR count). The van der Waals surface area contributed by atoms with Crippen LogP contribution in [0.25, 0.3) is 0 Å². The molecule has 0 aromatic heterocycles. The molecule has 0 bridgehead atoms. The molecule has 0 spiro atoms. The molecule has 38 heavy (non-hydrogen) atoms. The highest BCUT2D eigenvalue weighted by atomic mass is 16.7. The van der Waals surface area contributed by atoms with Gasteiger partial charge >= 0.3 is 12.2 Å². The summed E-state index contributed by atoms with van der Waals surface area (Å²) in [4.78, 5) is 37.2. The van der Waals surface area contributed by atoms with Gasteiger partial charge in [0.05, 0.1) is 0 Å². The summed E-state index contributed by atoms with van der Waals surface area (Å²) >= 11 is 0. The second-order valence-electron chi connectivity index (χ2n) is 8.37. The Morgan fingerprint density at radius 3 is 1.97 bits per heavy atom. The van der Waals surface area contributed by atoms with Gasteiger partial charge in [0.25, 0.3) is 0 Å². The van der Waals surface area contributed by atoms with Crippen molar-refractivity contribution in [1.82, 2.24) is 10.6 Å². The quantitative estimate of drug-likeness (QED) is 0.195. The number of alkyl carbamates (subject to hydrolysis) is 1. The molecule has 3 aromatic carbocycles. The third-order valence-corrected chi connectivity index (χ3v) is 5.41. The summed E-state index contributed by atoms with van der Waals surface area (Å²) in [6.45, 7) is 1.10. The molecule has 0 saturated carbocycles. The molecule has 2 N–H and O–H groups in total. The zero-order valence-corrected chi connectivity index (χ0v) is 21.3. The highest BCUT2D eigenvalue weighted by molar-refractivity contribution is 5.85. The molecule has 2 amide bonds. The first-order valence-corrected chi connectivity index (χ1v) is 12.2. The molecular weight excluding hydrogens is 488 g/mol. The lowest BCUT2D eigenvalue weighted by molar-refractivity contribution is -0.123. The van der Waals surface area contributed by atoms with Crippen LogP contribution in [-0.4, -0.2) is 44.5 Å². The Balaban J connectivity index is 1.54. The van der Waals surface area contributed by atoms with Crippen LogP contribution in [0.15, 0.2) is 84.9 Å². The minimum absolute atomic E-state index is 0.0846. The van der Waals surface area contributed by atoms with E-state index in [2.05, 4.69) is 10.6 Å². The van der Waals surface area contributed by atoms with Crippen LogP contribution in [0, 0.1) is 0 Å². The topological polar surface area (TPSA) is 112 Å². The van der Waals surface area contributed by atoms with Gasteiger partial charge in [-0.05, 0) is 35.2 Å². The molecule has 0 fully saturated rings. The fourth-order valence-corrected chi connectivity index (χ4v) is 3.44. The number of carbonyl (C=O) groups excluding carboxylic acids is 3. The smallest absolute Gasteiger partial charge is 0.445 e. The van der Waals surface area contributed by atoms with E-state index < -0.39 is 18.3 Å². The van der Waals surface area contributed by atoms with Crippen LogP contribution in [0.4, 0.5) is 9.59 Å². The van der Waals surface area contributed by atoms with Crippen LogP contribution in [-0.2, 0) is 38.6 Å².